The van der Waals surface area contributed by atoms with Gasteiger partial charge >= 0.3 is 0 Å². The monoisotopic (exact) mass is 253 g/mol. The lowest BCUT2D eigenvalue weighted by molar-refractivity contribution is 0.416. The average Bonchev–Trinajstić information content (AvgIpc) is 2.43. The summed E-state index contributed by atoms with van der Waals surface area (Å²) in [5.74, 6) is 0.611. The number of ether oxygens (including phenoxy) is 1. The minimum Gasteiger partial charge on any atom is -0.495 e. The van der Waals surface area contributed by atoms with Crippen LogP contribution in [0.4, 0.5) is 17.1 Å². The molecule has 0 aliphatic carbocycles. The van der Waals surface area contributed by atoms with Crippen LogP contribution in [0.25, 0.3) is 0 Å². The highest BCUT2D eigenvalue weighted by atomic mass is 16.5. The van der Waals surface area contributed by atoms with Gasteiger partial charge in [-0.15, -0.1) is 0 Å². The minimum absolute atomic E-state index is 0.514. The van der Waals surface area contributed by atoms with Crippen molar-refractivity contribution in [2.45, 2.75) is 6.92 Å². The standard InChI is InChI=1S/C15H15N3O/c1-10-6-7-12(17)13(8-10)18-15-11(9-16)4-3-5-14(15)19-2/h3-8,18H,17H2,1-2H3. The van der Waals surface area contributed by atoms with Gasteiger partial charge in [-0.25, -0.2) is 0 Å². The second-order valence-electron chi connectivity index (χ2n) is 4.21. The summed E-state index contributed by atoms with van der Waals surface area (Å²) in [4.78, 5) is 0. The molecule has 0 heterocycles. The third-order valence-electron chi connectivity index (χ3n) is 2.84. The Hall–Kier alpha value is -2.67. The summed E-state index contributed by atoms with van der Waals surface area (Å²) < 4.78 is 5.28. The van der Waals surface area contributed by atoms with Crippen molar-refractivity contribution in [1.29, 1.82) is 5.26 Å². The molecular formula is C15H15N3O. The van der Waals surface area contributed by atoms with E-state index in [2.05, 4.69) is 11.4 Å². The number of nitrogens with two attached hydrogens (primary N) is 1. The molecule has 4 heteroatoms. The molecule has 2 rings (SSSR count). The molecule has 0 bridgehead atoms. The SMILES string of the molecule is COc1cccc(C#N)c1Nc1cc(C)ccc1N. The molecule has 2 aromatic carbocycles. The van der Waals surface area contributed by atoms with E-state index in [1.807, 2.05) is 25.1 Å². The first-order chi connectivity index (χ1) is 9.15. The zero-order valence-electron chi connectivity index (χ0n) is 10.9. The second-order valence-corrected chi connectivity index (χ2v) is 4.21. The normalized spacial score (nSPS) is 9.74. The number of nitrogen functional groups attached to an aromatic ring is 1. The molecule has 0 radical (unpaired) electrons. The van der Waals surface area contributed by atoms with Crippen LogP contribution in [0.1, 0.15) is 11.1 Å². The summed E-state index contributed by atoms with van der Waals surface area (Å²) in [5.41, 5.74) is 9.56. The van der Waals surface area contributed by atoms with E-state index in [1.165, 1.54) is 0 Å². The predicted molar refractivity (Wildman–Crippen MR) is 76.6 cm³/mol. The Balaban J connectivity index is 2.48. The van der Waals surface area contributed by atoms with Crippen LogP contribution in [0, 0.1) is 18.3 Å². The number of para-hydroxylation sites is 1. The van der Waals surface area contributed by atoms with Crippen LogP contribution < -0.4 is 15.8 Å². The van der Waals surface area contributed by atoms with E-state index < -0.39 is 0 Å². The summed E-state index contributed by atoms with van der Waals surface area (Å²) in [7, 11) is 1.57. The Morgan fingerprint density at radius 1 is 1.26 bits per heavy atom. The Morgan fingerprint density at radius 2 is 2.05 bits per heavy atom. The number of benzene rings is 2. The number of hydrogen-bond acceptors (Lipinski definition) is 4. The molecule has 3 N–H and O–H groups in total. The van der Waals surface area contributed by atoms with Crippen molar-refractivity contribution >= 4 is 17.1 Å². The minimum atomic E-state index is 0.514. The van der Waals surface area contributed by atoms with Gasteiger partial charge in [-0.05, 0) is 36.8 Å². The molecule has 96 valence electrons. The van der Waals surface area contributed by atoms with Crippen molar-refractivity contribution < 1.29 is 4.74 Å². The molecule has 0 saturated carbocycles. The fourth-order valence-electron chi connectivity index (χ4n) is 1.84. The first-order valence-electron chi connectivity index (χ1n) is 5.86. The largest absolute Gasteiger partial charge is 0.495 e. The fourth-order valence-corrected chi connectivity index (χ4v) is 1.84. The number of anilines is 3. The Bertz CT molecular complexity index is 644. The number of nitrogens with one attached hydrogen (secondary N) is 1. The lowest BCUT2D eigenvalue weighted by Gasteiger charge is -2.14. The number of rotatable bonds is 3. The number of nitrogens with zero attached hydrogens (tertiary/aromatic N) is 1. The quantitative estimate of drug-likeness (QED) is 0.824. The molecule has 0 atom stereocenters. The number of nitriles is 1. The van der Waals surface area contributed by atoms with Crippen LogP contribution in [-0.2, 0) is 0 Å². The van der Waals surface area contributed by atoms with Crippen molar-refractivity contribution in [3.63, 3.8) is 0 Å². The molecular weight excluding hydrogens is 238 g/mol. The highest BCUT2D eigenvalue weighted by Crippen LogP contribution is 2.33. The lowest BCUT2D eigenvalue weighted by atomic mass is 10.1. The van der Waals surface area contributed by atoms with Crippen LogP contribution >= 0.6 is 0 Å². The van der Waals surface area contributed by atoms with Gasteiger partial charge in [0.25, 0.3) is 0 Å². The zero-order chi connectivity index (χ0) is 13.8. The van der Waals surface area contributed by atoms with Gasteiger partial charge in [-0.3, -0.25) is 0 Å². The van der Waals surface area contributed by atoms with Gasteiger partial charge in [0.05, 0.1) is 29.7 Å². The molecule has 0 aliphatic heterocycles. The Morgan fingerprint density at radius 3 is 2.74 bits per heavy atom. The number of hydrogen-bond donors (Lipinski definition) is 2. The maximum atomic E-state index is 9.16. The van der Waals surface area contributed by atoms with Gasteiger partial charge in [0.1, 0.15) is 11.8 Å². The van der Waals surface area contributed by atoms with Gasteiger partial charge in [0.2, 0.25) is 0 Å². The van der Waals surface area contributed by atoms with Crippen molar-refractivity contribution in [3.8, 4) is 11.8 Å². The maximum absolute atomic E-state index is 9.16. The number of methoxy groups -OCH3 is 1. The van der Waals surface area contributed by atoms with E-state index in [4.69, 9.17) is 15.7 Å². The van der Waals surface area contributed by atoms with Gasteiger partial charge < -0.3 is 15.8 Å². The summed E-state index contributed by atoms with van der Waals surface area (Å²) in [6.45, 7) is 1.98. The molecule has 0 amide bonds. The summed E-state index contributed by atoms with van der Waals surface area (Å²) >= 11 is 0. The molecule has 0 unspecified atom stereocenters. The summed E-state index contributed by atoms with van der Waals surface area (Å²) in [5, 5.41) is 12.3. The molecule has 0 aliphatic rings. The van der Waals surface area contributed by atoms with Crippen LogP contribution in [-0.4, -0.2) is 7.11 Å². The van der Waals surface area contributed by atoms with Crippen molar-refractivity contribution in [3.05, 3.63) is 47.5 Å². The van der Waals surface area contributed by atoms with Crippen LogP contribution in [0.2, 0.25) is 0 Å². The third-order valence-corrected chi connectivity index (χ3v) is 2.84. The van der Waals surface area contributed by atoms with E-state index in [0.29, 0.717) is 22.7 Å². The third kappa shape index (κ3) is 2.61. The van der Waals surface area contributed by atoms with E-state index in [1.54, 1.807) is 25.3 Å². The fraction of sp³-hybridized carbons (Fsp3) is 0.133. The van der Waals surface area contributed by atoms with E-state index >= 15 is 0 Å². The van der Waals surface area contributed by atoms with Crippen molar-refractivity contribution in [1.82, 2.24) is 0 Å². The van der Waals surface area contributed by atoms with Crippen molar-refractivity contribution in [2.24, 2.45) is 0 Å². The van der Waals surface area contributed by atoms with Gasteiger partial charge in [0.15, 0.2) is 0 Å². The maximum Gasteiger partial charge on any atom is 0.143 e. The van der Waals surface area contributed by atoms with Gasteiger partial charge in [-0.2, -0.15) is 5.26 Å². The van der Waals surface area contributed by atoms with E-state index in [9.17, 15) is 0 Å². The highest BCUT2D eigenvalue weighted by Gasteiger charge is 2.10. The molecule has 0 aromatic heterocycles. The lowest BCUT2D eigenvalue weighted by Crippen LogP contribution is -2.00. The van der Waals surface area contributed by atoms with Crippen LogP contribution in [0.5, 0.6) is 5.75 Å². The second kappa shape index (κ2) is 5.32. The summed E-state index contributed by atoms with van der Waals surface area (Å²) in [6.07, 6.45) is 0. The highest BCUT2D eigenvalue weighted by molar-refractivity contribution is 5.79. The van der Waals surface area contributed by atoms with Crippen molar-refractivity contribution in [2.75, 3.05) is 18.2 Å². The first-order valence-corrected chi connectivity index (χ1v) is 5.86. The van der Waals surface area contributed by atoms with E-state index in [0.717, 1.165) is 11.3 Å². The van der Waals surface area contributed by atoms with Crippen LogP contribution in [0.15, 0.2) is 36.4 Å². The van der Waals surface area contributed by atoms with E-state index in [-0.39, 0.29) is 0 Å². The molecule has 2 aromatic rings. The topological polar surface area (TPSA) is 71.1 Å². The molecule has 0 saturated heterocycles. The summed E-state index contributed by atoms with van der Waals surface area (Å²) in [6, 6.07) is 13.2. The molecule has 4 nitrogen and oxygen atoms in total. The smallest absolute Gasteiger partial charge is 0.143 e. The zero-order valence-corrected chi connectivity index (χ0v) is 10.9. The molecule has 0 fully saturated rings. The predicted octanol–water partition coefficient (Wildman–Crippen LogP) is 3.20. The molecule has 19 heavy (non-hydrogen) atoms. The Labute approximate surface area is 112 Å². The van der Waals surface area contributed by atoms with Gasteiger partial charge in [-0.1, -0.05) is 12.1 Å². The average molecular weight is 253 g/mol. The Kier molecular flexibility index (Phi) is 3.58. The van der Waals surface area contributed by atoms with Crippen LogP contribution in [0.3, 0.4) is 0 Å². The first kappa shape index (κ1) is 12.8. The van der Waals surface area contributed by atoms with Gasteiger partial charge in [0, 0.05) is 0 Å². The molecule has 0 spiro atoms. The number of aryl methyl sites for hydroxylation is 1.